The molecular formula is C16H21N3O3. The fourth-order valence-electron chi connectivity index (χ4n) is 1.96. The second kappa shape index (κ2) is 7.61. The molecule has 1 aromatic heterocycles. The van der Waals surface area contributed by atoms with Crippen LogP contribution in [-0.4, -0.2) is 41.4 Å². The fourth-order valence-corrected chi connectivity index (χ4v) is 1.96. The van der Waals surface area contributed by atoms with Crippen LogP contribution in [0.4, 0.5) is 5.95 Å². The molecule has 1 unspecified atom stereocenters. The van der Waals surface area contributed by atoms with E-state index in [1.807, 2.05) is 38.1 Å². The van der Waals surface area contributed by atoms with Crippen LogP contribution in [0.25, 0.3) is 0 Å². The second-order valence-corrected chi connectivity index (χ2v) is 5.00. The van der Waals surface area contributed by atoms with Crippen molar-refractivity contribution < 1.29 is 14.6 Å². The van der Waals surface area contributed by atoms with Crippen molar-refractivity contribution in [3.05, 3.63) is 41.7 Å². The topological polar surface area (TPSA) is 76.5 Å². The fraction of sp³-hybridized carbons (Fsp3) is 0.375. The van der Waals surface area contributed by atoms with Gasteiger partial charge < -0.3 is 19.9 Å². The molecule has 118 valence electrons. The smallest absolute Gasteiger partial charge is 0.223 e. The maximum atomic E-state index is 9.96. The van der Waals surface area contributed by atoms with Crippen LogP contribution in [0, 0.1) is 13.8 Å². The van der Waals surface area contributed by atoms with E-state index in [2.05, 4.69) is 15.3 Å². The van der Waals surface area contributed by atoms with Crippen LogP contribution in [0.5, 0.6) is 11.5 Å². The van der Waals surface area contributed by atoms with Crippen molar-refractivity contribution in [3.8, 4) is 11.5 Å². The minimum atomic E-state index is -0.671. The standard InChI is InChI=1S/C16H21N3O3/c1-11-7-12(2)19-16(18-11)17-9-13(20)10-22-15-6-4-5-14(8-15)21-3/h4-8,13,20H,9-10H2,1-3H3,(H,17,18,19). The molecule has 6 nitrogen and oxygen atoms in total. The summed E-state index contributed by atoms with van der Waals surface area (Å²) in [6.45, 7) is 4.29. The summed E-state index contributed by atoms with van der Waals surface area (Å²) in [5, 5.41) is 13.0. The first-order valence-electron chi connectivity index (χ1n) is 7.08. The van der Waals surface area contributed by atoms with Crippen LogP contribution < -0.4 is 14.8 Å². The molecule has 0 aliphatic carbocycles. The first kappa shape index (κ1) is 16.0. The Bertz CT molecular complexity index is 599. The van der Waals surface area contributed by atoms with E-state index < -0.39 is 6.10 Å². The minimum absolute atomic E-state index is 0.172. The molecule has 1 heterocycles. The zero-order valence-corrected chi connectivity index (χ0v) is 13.0. The van der Waals surface area contributed by atoms with Crippen molar-refractivity contribution in [3.63, 3.8) is 0 Å². The van der Waals surface area contributed by atoms with Crippen LogP contribution in [0.3, 0.4) is 0 Å². The first-order valence-corrected chi connectivity index (χ1v) is 7.08. The lowest BCUT2D eigenvalue weighted by Crippen LogP contribution is -2.27. The monoisotopic (exact) mass is 303 g/mol. The second-order valence-electron chi connectivity index (χ2n) is 5.00. The minimum Gasteiger partial charge on any atom is -0.497 e. The van der Waals surface area contributed by atoms with Crippen LogP contribution in [-0.2, 0) is 0 Å². The number of nitrogens with zero attached hydrogens (tertiary/aromatic N) is 2. The van der Waals surface area contributed by atoms with E-state index in [1.165, 1.54) is 0 Å². The predicted octanol–water partition coefficient (Wildman–Crippen LogP) is 1.95. The van der Waals surface area contributed by atoms with Gasteiger partial charge in [0, 0.05) is 24.0 Å². The molecule has 1 atom stereocenters. The number of ether oxygens (including phenoxy) is 2. The molecule has 0 aliphatic rings. The summed E-state index contributed by atoms with van der Waals surface area (Å²) < 4.78 is 10.7. The van der Waals surface area contributed by atoms with Gasteiger partial charge in [-0.2, -0.15) is 0 Å². The Labute approximate surface area is 130 Å². The van der Waals surface area contributed by atoms with E-state index in [0.717, 1.165) is 11.4 Å². The number of hydrogen-bond acceptors (Lipinski definition) is 6. The molecule has 2 N–H and O–H groups in total. The highest BCUT2D eigenvalue weighted by atomic mass is 16.5. The molecule has 0 saturated heterocycles. The number of aliphatic hydroxyl groups is 1. The van der Waals surface area contributed by atoms with Crippen LogP contribution in [0.2, 0.25) is 0 Å². The Morgan fingerprint density at radius 1 is 1.14 bits per heavy atom. The summed E-state index contributed by atoms with van der Waals surface area (Å²) in [6, 6.07) is 9.15. The zero-order chi connectivity index (χ0) is 15.9. The molecule has 0 spiro atoms. The van der Waals surface area contributed by atoms with Crippen molar-refractivity contribution in [2.24, 2.45) is 0 Å². The van der Waals surface area contributed by atoms with E-state index in [4.69, 9.17) is 9.47 Å². The van der Waals surface area contributed by atoms with Gasteiger partial charge in [-0.1, -0.05) is 6.07 Å². The molecule has 0 bridgehead atoms. The lowest BCUT2D eigenvalue weighted by atomic mass is 10.3. The number of benzene rings is 1. The summed E-state index contributed by atoms with van der Waals surface area (Å²) in [7, 11) is 1.60. The lowest BCUT2D eigenvalue weighted by Gasteiger charge is -2.14. The number of aliphatic hydroxyl groups excluding tert-OH is 1. The number of rotatable bonds is 7. The summed E-state index contributed by atoms with van der Waals surface area (Å²) in [5.74, 6) is 1.88. The number of nitrogens with one attached hydrogen (secondary N) is 1. The van der Waals surface area contributed by atoms with Gasteiger partial charge in [0.25, 0.3) is 0 Å². The van der Waals surface area contributed by atoms with Crippen LogP contribution in [0.15, 0.2) is 30.3 Å². The molecule has 1 aromatic carbocycles. The Balaban J connectivity index is 1.81. The van der Waals surface area contributed by atoms with Gasteiger partial charge in [0.15, 0.2) is 0 Å². The highest BCUT2D eigenvalue weighted by Crippen LogP contribution is 2.18. The summed E-state index contributed by atoms with van der Waals surface area (Å²) in [4.78, 5) is 8.51. The van der Waals surface area contributed by atoms with E-state index >= 15 is 0 Å². The molecule has 6 heteroatoms. The number of hydrogen-bond donors (Lipinski definition) is 2. The molecule has 0 radical (unpaired) electrons. The van der Waals surface area contributed by atoms with Gasteiger partial charge in [0.05, 0.1) is 7.11 Å². The van der Waals surface area contributed by atoms with Crippen molar-refractivity contribution in [1.82, 2.24) is 9.97 Å². The van der Waals surface area contributed by atoms with E-state index in [0.29, 0.717) is 24.0 Å². The third-order valence-electron chi connectivity index (χ3n) is 2.96. The SMILES string of the molecule is COc1cccc(OCC(O)CNc2nc(C)cc(C)n2)c1. The third-order valence-corrected chi connectivity index (χ3v) is 2.96. The molecule has 0 saturated carbocycles. The van der Waals surface area contributed by atoms with E-state index in [-0.39, 0.29) is 6.61 Å². The molecule has 22 heavy (non-hydrogen) atoms. The number of aryl methyl sites for hydroxylation is 2. The zero-order valence-electron chi connectivity index (χ0n) is 13.0. The van der Waals surface area contributed by atoms with Gasteiger partial charge >= 0.3 is 0 Å². The largest absolute Gasteiger partial charge is 0.497 e. The summed E-state index contributed by atoms with van der Waals surface area (Å²) in [5.41, 5.74) is 1.77. The molecule has 0 fully saturated rings. The Morgan fingerprint density at radius 2 is 1.82 bits per heavy atom. The number of aromatic nitrogens is 2. The van der Waals surface area contributed by atoms with E-state index in [1.54, 1.807) is 13.2 Å². The van der Waals surface area contributed by atoms with Crippen molar-refractivity contribution >= 4 is 5.95 Å². The van der Waals surface area contributed by atoms with Gasteiger partial charge in [-0.15, -0.1) is 0 Å². The maximum Gasteiger partial charge on any atom is 0.223 e. The van der Waals surface area contributed by atoms with Crippen LogP contribution in [0.1, 0.15) is 11.4 Å². The Hall–Kier alpha value is -2.34. The molecule has 0 amide bonds. The van der Waals surface area contributed by atoms with Gasteiger partial charge in [-0.3, -0.25) is 0 Å². The summed E-state index contributed by atoms with van der Waals surface area (Å²) >= 11 is 0. The third kappa shape index (κ3) is 4.89. The van der Waals surface area contributed by atoms with Crippen LogP contribution >= 0.6 is 0 Å². The molecule has 0 aliphatic heterocycles. The quantitative estimate of drug-likeness (QED) is 0.814. The average Bonchev–Trinajstić information content (AvgIpc) is 2.50. The van der Waals surface area contributed by atoms with Crippen molar-refractivity contribution in [1.29, 1.82) is 0 Å². The Kier molecular flexibility index (Phi) is 5.55. The normalized spacial score (nSPS) is 11.8. The van der Waals surface area contributed by atoms with Gasteiger partial charge in [-0.05, 0) is 32.0 Å². The molecular weight excluding hydrogens is 282 g/mol. The average molecular weight is 303 g/mol. The lowest BCUT2D eigenvalue weighted by molar-refractivity contribution is 0.117. The number of anilines is 1. The van der Waals surface area contributed by atoms with Crippen molar-refractivity contribution in [2.75, 3.05) is 25.6 Å². The van der Waals surface area contributed by atoms with E-state index in [9.17, 15) is 5.11 Å². The predicted molar refractivity (Wildman–Crippen MR) is 84.5 cm³/mol. The Morgan fingerprint density at radius 3 is 2.50 bits per heavy atom. The first-order chi connectivity index (χ1) is 10.6. The van der Waals surface area contributed by atoms with Gasteiger partial charge in [0.1, 0.15) is 24.2 Å². The summed E-state index contributed by atoms with van der Waals surface area (Å²) in [6.07, 6.45) is -0.671. The number of methoxy groups -OCH3 is 1. The maximum absolute atomic E-state index is 9.96. The highest BCUT2D eigenvalue weighted by Gasteiger charge is 2.07. The molecule has 2 aromatic rings. The van der Waals surface area contributed by atoms with Gasteiger partial charge in [-0.25, -0.2) is 9.97 Å². The van der Waals surface area contributed by atoms with Crippen molar-refractivity contribution in [2.45, 2.75) is 20.0 Å². The van der Waals surface area contributed by atoms with Gasteiger partial charge in [0.2, 0.25) is 5.95 Å². The molecule has 2 rings (SSSR count). The highest BCUT2D eigenvalue weighted by molar-refractivity contribution is 5.33.